The number of carbonyl (C=O) groups excluding carboxylic acids is 2. The Morgan fingerprint density at radius 3 is 2.48 bits per heavy atom. The Hall–Kier alpha value is -1.91. The Morgan fingerprint density at radius 2 is 1.86 bits per heavy atom. The van der Waals surface area contributed by atoms with Crippen molar-refractivity contribution < 1.29 is 14.3 Å². The van der Waals surface area contributed by atoms with E-state index in [0.29, 0.717) is 18.7 Å². The van der Waals surface area contributed by atoms with Crippen LogP contribution < -0.4 is 0 Å². The van der Waals surface area contributed by atoms with Gasteiger partial charge in [0.1, 0.15) is 0 Å². The molecule has 1 heterocycles. The summed E-state index contributed by atoms with van der Waals surface area (Å²) in [6, 6.07) is 3.39. The van der Waals surface area contributed by atoms with Crippen molar-refractivity contribution in [3.63, 3.8) is 0 Å². The van der Waals surface area contributed by atoms with Crippen LogP contribution >= 0.6 is 0 Å². The molecule has 0 saturated heterocycles. The Bertz CT molecular complexity index is 434. The molecule has 5 heteroatoms. The van der Waals surface area contributed by atoms with E-state index in [1.165, 1.54) is 7.11 Å². The zero-order valence-corrected chi connectivity index (χ0v) is 12.9. The molecular formula is C16H24N2O3. The smallest absolute Gasteiger partial charge is 0.307 e. The number of hydrogen-bond donors (Lipinski definition) is 0. The van der Waals surface area contributed by atoms with Crippen LogP contribution in [-0.4, -0.2) is 42.0 Å². The van der Waals surface area contributed by atoms with E-state index < -0.39 is 0 Å². The van der Waals surface area contributed by atoms with Gasteiger partial charge in [-0.1, -0.05) is 26.2 Å². The first-order valence-electron chi connectivity index (χ1n) is 7.45. The fourth-order valence-electron chi connectivity index (χ4n) is 2.05. The van der Waals surface area contributed by atoms with Crippen LogP contribution in [0.1, 0.15) is 49.4 Å². The number of hydrogen-bond acceptors (Lipinski definition) is 4. The Balaban J connectivity index is 2.61. The van der Waals surface area contributed by atoms with Crippen LogP contribution in [0.3, 0.4) is 0 Å². The summed E-state index contributed by atoms with van der Waals surface area (Å²) < 4.78 is 4.64. The van der Waals surface area contributed by atoms with Crippen molar-refractivity contribution in [1.29, 1.82) is 0 Å². The molecule has 0 radical (unpaired) electrons. The molecule has 0 spiro atoms. The van der Waals surface area contributed by atoms with Gasteiger partial charge < -0.3 is 9.64 Å². The quantitative estimate of drug-likeness (QED) is 0.518. The first kappa shape index (κ1) is 17.1. The minimum atomic E-state index is -0.295. The number of esters is 1. The zero-order chi connectivity index (χ0) is 15.5. The third-order valence-corrected chi connectivity index (χ3v) is 3.31. The van der Waals surface area contributed by atoms with Gasteiger partial charge in [0, 0.05) is 31.0 Å². The van der Waals surface area contributed by atoms with Gasteiger partial charge in [-0.3, -0.25) is 14.6 Å². The van der Waals surface area contributed by atoms with Gasteiger partial charge in [0.05, 0.1) is 13.5 Å². The molecule has 0 unspecified atom stereocenters. The van der Waals surface area contributed by atoms with Crippen LogP contribution in [0.4, 0.5) is 0 Å². The molecule has 1 rings (SSSR count). The lowest BCUT2D eigenvalue weighted by molar-refractivity contribution is -0.140. The molecule has 0 aliphatic rings. The fraction of sp³-hybridized carbons (Fsp3) is 0.562. The third-order valence-electron chi connectivity index (χ3n) is 3.31. The SMILES string of the molecule is CCCCCCN(CCC(=O)OC)C(=O)c1ccncc1. The average Bonchev–Trinajstić information content (AvgIpc) is 2.54. The number of rotatable bonds is 9. The second-order valence-electron chi connectivity index (χ2n) is 4.91. The predicted molar refractivity (Wildman–Crippen MR) is 80.9 cm³/mol. The Labute approximate surface area is 126 Å². The molecule has 0 aliphatic carbocycles. The molecule has 0 bridgehead atoms. The van der Waals surface area contributed by atoms with E-state index in [0.717, 1.165) is 25.7 Å². The first-order valence-corrected chi connectivity index (χ1v) is 7.45. The third kappa shape index (κ3) is 6.38. The maximum atomic E-state index is 12.5. The van der Waals surface area contributed by atoms with Crippen LogP contribution in [0, 0.1) is 0 Å². The molecular weight excluding hydrogens is 268 g/mol. The van der Waals surface area contributed by atoms with Gasteiger partial charge in [-0.25, -0.2) is 0 Å². The van der Waals surface area contributed by atoms with Gasteiger partial charge >= 0.3 is 5.97 Å². The van der Waals surface area contributed by atoms with E-state index in [9.17, 15) is 9.59 Å². The molecule has 21 heavy (non-hydrogen) atoms. The molecule has 0 atom stereocenters. The number of aromatic nitrogens is 1. The first-order chi connectivity index (χ1) is 10.2. The largest absolute Gasteiger partial charge is 0.469 e. The zero-order valence-electron chi connectivity index (χ0n) is 12.9. The molecule has 0 fully saturated rings. The molecule has 0 aromatic carbocycles. The Morgan fingerprint density at radius 1 is 1.14 bits per heavy atom. The summed E-state index contributed by atoms with van der Waals surface area (Å²) in [5.41, 5.74) is 0.602. The number of methoxy groups -OCH3 is 1. The summed E-state index contributed by atoms with van der Waals surface area (Å²) in [5.74, 6) is -0.353. The van der Waals surface area contributed by atoms with Crippen LogP contribution in [0.5, 0.6) is 0 Å². The van der Waals surface area contributed by atoms with E-state index in [4.69, 9.17) is 0 Å². The van der Waals surface area contributed by atoms with Gasteiger partial charge in [-0.05, 0) is 18.6 Å². The second-order valence-corrected chi connectivity index (χ2v) is 4.91. The van der Waals surface area contributed by atoms with Crippen LogP contribution in [-0.2, 0) is 9.53 Å². The van der Waals surface area contributed by atoms with Crippen LogP contribution in [0.15, 0.2) is 24.5 Å². The van der Waals surface area contributed by atoms with Gasteiger partial charge in [-0.2, -0.15) is 0 Å². The van der Waals surface area contributed by atoms with Crippen LogP contribution in [0.25, 0.3) is 0 Å². The lowest BCUT2D eigenvalue weighted by Gasteiger charge is -2.22. The van der Waals surface area contributed by atoms with Crippen molar-refractivity contribution in [3.05, 3.63) is 30.1 Å². The molecule has 1 aromatic heterocycles. The summed E-state index contributed by atoms with van der Waals surface area (Å²) in [5, 5.41) is 0. The highest BCUT2D eigenvalue weighted by molar-refractivity contribution is 5.94. The van der Waals surface area contributed by atoms with Crippen LogP contribution in [0.2, 0.25) is 0 Å². The summed E-state index contributed by atoms with van der Waals surface area (Å²) >= 11 is 0. The van der Waals surface area contributed by atoms with Crippen molar-refractivity contribution in [2.24, 2.45) is 0 Å². The predicted octanol–water partition coefficient (Wildman–Crippen LogP) is 2.67. The topological polar surface area (TPSA) is 59.5 Å². The van der Waals surface area contributed by atoms with Gasteiger partial charge in [-0.15, -0.1) is 0 Å². The van der Waals surface area contributed by atoms with Crippen molar-refractivity contribution >= 4 is 11.9 Å². The van der Waals surface area contributed by atoms with Gasteiger partial charge in [0.15, 0.2) is 0 Å². The van der Waals surface area contributed by atoms with E-state index >= 15 is 0 Å². The van der Waals surface area contributed by atoms with E-state index in [2.05, 4.69) is 16.6 Å². The van der Waals surface area contributed by atoms with Crippen molar-refractivity contribution in [2.45, 2.75) is 39.0 Å². The highest BCUT2D eigenvalue weighted by Crippen LogP contribution is 2.08. The van der Waals surface area contributed by atoms with Crippen molar-refractivity contribution in [2.75, 3.05) is 20.2 Å². The minimum Gasteiger partial charge on any atom is -0.469 e. The second kappa shape index (κ2) is 9.91. The van der Waals surface area contributed by atoms with E-state index in [1.807, 2.05) is 0 Å². The fourth-order valence-corrected chi connectivity index (χ4v) is 2.05. The van der Waals surface area contributed by atoms with E-state index in [-0.39, 0.29) is 18.3 Å². The van der Waals surface area contributed by atoms with Gasteiger partial charge in [0.25, 0.3) is 5.91 Å². The monoisotopic (exact) mass is 292 g/mol. The number of unbranched alkanes of at least 4 members (excludes halogenated alkanes) is 3. The molecule has 0 N–H and O–H groups in total. The maximum absolute atomic E-state index is 12.5. The molecule has 0 saturated carbocycles. The van der Waals surface area contributed by atoms with Gasteiger partial charge in [0.2, 0.25) is 0 Å². The molecule has 0 aliphatic heterocycles. The maximum Gasteiger partial charge on any atom is 0.307 e. The number of amides is 1. The highest BCUT2D eigenvalue weighted by atomic mass is 16.5. The number of ether oxygens (including phenoxy) is 1. The summed E-state index contributed by atoms with van der Waals surface area (Å²) in [6.45, 7) is 3.20. The minimum absolute atomic E-state index is 0.0576. The normalized spacial score (nSPS) is 10.2. The van der Waals surface area contributed by atoms with E-state index in [1.54, 1.807) is 29.4 Å². The summed E-state index contributed by atoms with van der Waals surface area (Å²) in [6.07, 6.45) is 7.78. The highest BCUT2D eigenvalue weighted by Gasteiger charge is 2.16. The number of nitrogens with zero attached hydrogens (tertiary/aromatic N) is 2. The van der Waals surface area contributed by atoms with Crippen molar-refractivity contribution in [1.82, 2.24) is 9.88 Å². The molecule has 5 nitrogen and oxygen atoms in total. The summed E-state index contributed by atoms with van der Waals surface area (Å²) in [7, 11) is 1.36. The molecule has 116 valence electrons. The number of pyridine rings is 1. The lowest BCUT2D eigenvalue weighted by Crippen LogP contribution is -2.34. The molecule has 1 aromatic rings. The molecule has 1 amide bonds. The standard InChI is InChI=1S/C16H24N2O3/c1-3-4-5-6-12-18(13-9-15(19)21-2)16(20)14-7-10-17-11-8-14/h7-8,10-11H,3-6,9,12-13H2,1-2H3. The Kier molecular flexibility index (Phi) is 8.09. The number of carbonyl (C=O) groups is 2. The average molecular weight is 292 g/mol. The van der Waals surface area contributed by atoms with Crippen molar-refractivity contribution in [3.8, 4) is 0 Å². The lowest BCUT2D eigenvalue weighted by atomic mass is 10.1. The summed E-state index contributed by atoms with van der Waals surface area (Å²) in [4.78, 5) is 29.4.